The number of nitrogens with two attached hydrogens (primary N) is 1. The normalized spacial score (nSPS) is 16.1. The van der Waals surface area contributed by atoms with Gasteiger partial charge >= 0.3 is 0 Å². The molecule has 0 radical (unpaired) electrons. The molecule has 1 aromatic carbocycles. The molecular weight excluding hydrogens is 282 g/mol. The number of nitrogens with zero attached hydrogens (tertiary/aromatic N) is 1. The lowest BCUT2D eigenvalue weighted by Crippen LogP contribution is -2.31. The van der Waals surface area contributed by atoms with E-state index in [0.717, 1.165) is 12.8 Å². The van der Waals surface area contributed by atoms with E-state index in [1.54, 1.807) is 0 Å². The van der Waals surface area contributed by atoms with Crippen molar-refractivity contribution in [3.8, 4) is 5.75 Å². The number of ether oxygens (including phenoxy) is 1. The van der Waals surface area contributed by atoms with Gasteiger partial charge in [0.15, 0.2) is 0 Å². The van der Waals surface area contributed by atoms with Crippen molar-refractivity contribution in [1.29, 1.82) is 0 Å². The summed E-state index contributed by atoms with van der Waals surface area (Å²) in [6, 6.07) is 4.20. The van der Waals surface area contributed by atoms with E-state index in [-0.39, 0.29) is 16.2 Å². The molecule has 1 fully saturated rings. The lowest BCUT2D eigenvalue weighted by Gasteiger charge is -2.18. The fourth-order valence-electron chi connectivity index (χ4n) is 2.17. The van der Waals surface area contributed by atoms with Crippen LogP contribution in [0.2, 0.25) is 0 Å². The molecule has 0 saturated carbocycles. The van der Waals surface area contributed by atoms with Gasteiger partial charge in [-0.2, -0.15) is 4.31 Å². The molecule has 110 valence electrons. The van der Waals surface area contributed by atoms with E-state index in [2.05, 4.69) is 0 Å². The summed E-state index contributed by atoms with van der Waals surface area (Å²) < 4.78 is 31.6. The van der Waals surface area contributed by atoms with Crippen molar-refractivity contribution >= 4 is 15.9 Å². The molecular formula is C12H17N3O4S. The minimum absolute atomic E-state index is 0.0111. The van der Waals surface area contributed by atoms with Gasteiger partial charge in [-0.25, -0.2) is 14.3 Å². The van der Waals surface area contributed by atoms with E-state index < -0.39 is 15.9 Å². The molecule has 0 atom stereocenters. The van der Waals surface area contributed by atoms with Gasteiger partial charge in [-0.3, -0.25) is 10.2 Å². The Labute approximate surface area is 117 Å². The van der Waals surface area contributed by atoms with E-state index in [1.807, 2.05) is 5.43 Å². The molecule has 3 N–H and O–H groups in total. The van der Waals surface area contributed by atoms with Gasteiger partial charge in [0.25, 0.3) is 5.91 Å². The Morgan fingerprint density at radius 2 is 2.00 bits per heavy atom. The molecule has 1 amide bonds. The highest BCUT2D eigenvalue weighted by Gasteiger charge is 2.30. The van der Waals surface area contributed by atoms with Crippen LogP contribution in [-0.4, -0.2) is 38.8 Å². The first-order chi connectivity index (χ1) is 9.50. The number of nitrogen functional groups attached to an aromatic ring is 1. The maximum absolute atomic E-state index is 12.6. The third-order valence-corrected chi connectivity index (χ3v) is 5.16. The quantitative estimate of drug-likeness (QED) is 0.466. The van der Waals surface area contributed by atoms with Crippen molar-refractivity contribution in [3.63, 3.8) is 0 Å². The number of carbonyl (C=O) groups is 1. The Balaban J connectivity index is 2.50. The third kappa shape index (κ3) is 2.62. The van der Waals surface area contributed by atoms with Crippen molar-refractivity contribution in [2.45, 2.75) is 17.7 Å². The third-order valence-electron chi connectivity index (χ3n) is 3.24. The van der Waals surface area contributed by atoms with Crippen LogP contribution in [0.4, 0.5) is 0 Å². The second kappa shape index (κ2) is 5.78. The van der Waals surface area contributed by atoms with E-state index in [1.165, 1.54) is 29.6 Å². The van der Waals surface area contributed by atoms with Crippen molar-refractivity contribution in [1.82, 2.24) is 9.73 Å². The van der Waals surface area contributed by atoms with E-state index >= 15 is 0 Å². The van der Waals surface area contributed by atoms with Crippen LogP contribution in [0, 0.1) is 0 Å². The molecule has 1 aromatic rings. The fourth-order valence-corrected chi connectivity index (χ4v) is 3.87. The van der Waals surface area contributed by atoms with Crippen molar-refractivity contribution in [2.24, 2.45) is 5.84 Å². The second-order valence-electron chi connectivity index (χ2n) is 4.45. The Morgan fingerprint density at radius 1 is 1.35 bits per heavy atom. The zero-order chi connectivity index (χ0) is 14.8. The van der Waals surface area contributed by atoms with Gasteiger partial charge in [-0.1, -0.05) is 0 Å². The summed E-state index contributed by atoms with van der Waals surface area (Å²) in [6.45, 7) is 0.970. The predicted octanol–water partition coefficient (Wildman–Crippen LogP) is 0.0832. The number of carbonyl (C=O) groups excluding carboxylic acids is 1. The zero-order valence-corrected chi connectivity index (χ0v) is 11.9. The number of rotatable bonds is 4. The number of amides is 1. The van der Waals surface area contributed by atoms with E-state index in [4.69, 9.17) is 10.6 Å². The van der Waals surface area contributed by atoms with Gasteiger partial charge in [0.1, 0.15) is 10.6 Å². The Morgan fingerprint density at radius 3 is 2.55 bits per heavy atom. The van der Waals surface area contributed by atoms with Crippen molar-refractivity contribution in [2.75, 3.05) is 20.2 Å². The molecule has 0 aliphatic carbocycles. The van der Waals surface area contributed by atoms with Crippen LogP contribution in [-0.2, 0) is 10.0 Å². The van der Waals surface area contributed by atoms with Crippen LogP contribution in [0.3, 0.4) is 0 Å². The summed E-state index contributed by atoms with van der Waals surface area (Å²) in [5.74, 6) is 4.73. The molecule has 20 heavy (non-hydrogen) atoms. The van der Waals surface area contributed by atoms with Crippen LogP contribution in [0.25, 0.3) is 0 Å². The largest absolute Gasteiger partial charge is 0.495 e. The molecule has 1 heterocycles. The zero-order valence-electron chi connectivity index (χ0n) is 11.1. The second-order valence-corrected chi connectivity index (χ2v) is 6.36. The first-order valence-electron chi connectivity index (χ1n) is 6.20. The average Bonchev–Trinajstić information content (AvgIpc) is 3.00. The van der Waals surface area contributed by atoms with E-state index in [0.29, 0.717) is 13.1 Å². The lowest BCUT2D eigenvalue weighted by atomic mass is 10.2. The number of sulfonamides is 1. The lowest BCUT2D eigenvalue weighted by molar-refractivity contribution is 0.0953. The SMILES string of the molecule is COc1ccc(C(=O)NN)cc1S(=O)(=O)N1CCCC1. The highest BCUT2D eigenvalue weighted by molar-refractivity contribution is 7.89. The highest BCUT2D eigenvalue weighted by atomic mass is 32.2. The number of hydrogen-bond acceptors (Lipinski definition) is 5. The van der Waals surface area contributed by atoms with Gasteiger partial charge in [-0.05, 0) is 31.0 Å². The van der Waals surface area contributed by atoms with Gasteiger partial charge < -0.3 is 4.74 Å². The summed E-state index contributed by atoms with van der Waals surface area (Å²) in [6.07, 6.45) is 1.68. The summed E-state index contributed by atoms with van der Waals surface area (Å²) >= 11 is 0. The first-order valence-corrected chi connectivity index (χ1v) is 7.64. The Hall–Kier alpha value is -1.64. The van der Waals surface area contributed by atoms with Crippen LogP contribution < -0.4 is 16.0 Å². The number of methoxy groups -OCH3 is 1. The van der Waals surface area contributed by atoms with Crippen molar-refractivity contribution in [3.05, 3.63) is 23.8 Å². The van der Waals surface area contributed by atoms with Gasteiger partial charge in [0, 0.05) is 18.7 Å². The van der Waals surface area contributed by atoms with Gasteiger partial charge in [0.05, 0.1) is 7.11 Å². The molecule has 0 aromatic heterocycles. The van der Waals surface area contributed by atoms with Crippen LogP contribution in [0.1, 0.15) is 23.2 Å². The standard InChI is InChI=1S/C12H17N3O4S/c1-19-10-5-4-9(12(16)14-13)8-11(10)20(17,18)15-6-2-3-7-15/h4-5,8H,2-3,6-7,13H2,1H3,(H,14,16). The smallest absolute Gasteiger partial charge is 0.265 e. The average molecular weight is 299 g/mol. The van der Waals surface area contributed by atoms with Crippen LogP contribution >= 0.6 is 0 Å². The summed E-state index contributed by atoms with van der Waals surface area (Å²) in [5, 5.41) is 0. The predicted molar refractivity (Wildman–Crippen MR) is 72.6 cm³/mol. The molecule has 1 aliphatic heterocycles. The maximum atomic E-state index is 12.6. The molecule has 2 rings (SSSR count). The molecule has 0 spiro atoms. The molecule has 1 aliphatic rings. The number of nitrogens with one attached hydrogen (secondary N) is 1. The molecule has 1 saturated heterocycles. The minimum atomic E-state index is -3.66. The molecule has 7 nitrogen and oxygen atoms in total. The Kier molecular flexibility index (Phi) is 4.26. The highest BCUT2D eigenvalue weighted by Crippen LogP contribution is 2.29. The number of hydrogen-bond donors (Lipinski definition) is 2. The molecule has 0 bridgehead atoms. The monoisotopic (exact) mass is 299 g/mol. The minimum Gasteiger partial charge on any atom is -0.495 e. The van der Waals surface area contributed by atoms with Crippen molar-refractivity contribution < 1.29 is 17.9 Å². The van der Waals surface area contributed by atoms with Crippen LogP contribution in [0.5, 0.6) is 5.75 Å². The topological polar surface area (TPSA) is 102 Å². The molecule has 8 heteroatoms. The number of benzene rings is 1. The maximum Gasteiger partial charge on any atom is 0.265 e. The van der Waals surface area contributed by atoms with Gasteiger partial charge in [0.2, 0.25) is 10.0 Å². The Bertz CT molecular complexity index is 609. The van der Waals surface area contributed by atoms with E-state index in [9.17, 15) is 13.2 Å². The molecule has 0 unspecified atom stereocenters. The summed E-state index contributed by atoms with van der Waals surface area (Å²) in [5.41, 5.74) is 2.15. The fraction of sp³-hybridized carbons (Fsp3) is 0.417. The summed E-state index contributed by atoms with van der Waals surface area (Å²) in [4.78, 5) is 11.5. The first kappa shape index (κ1) is 14.8. The van der Waals surface area contributed by atoms with Gasteiger partial charge in [-0.15, -0.1) is 0 Å². The summed E-state index contributed by atoms with van der Waals surface area (Å²) in [7, 11) is -2.27. The number of hydrazine groups is 1. The van der Waals surface area contributed by atoms with Crippen LogP contribution in [0.15, 0.2) is 23.1 Å².